The quantitative estimate of drug-likeness (QED) is 0.574. The van der Waals surface area contributed by atoms with Crippen LogP contribution in [0.25, 0.3) is 0 Å². The van der Waals surface area contributed by atoms with Gasteiger partial charge in [-0.15, -0.1) is 0 Å². The van der Waals surface area contributed by atoms with Crippen LogP contribution in [0.3, 0.4) is 0 Å². The van der Waals surface area contributed by atoms with Crippen molar-refractivity contribution in [1.29, 1.82) is 0 Å². The maximum absolute atomic E-state index is 12.4. The lowest BCUT2D eigenvalue weighted by Gasteiger charge is -2.17. The molecule has 0 aliphatic carbocycles. The molecular weight excluding hydrogens is 474 g/mol. The summed E-state index contributed by atoms with van der Waals surface area (Å²) in [5.41, 5.74) is 2.47. The van der Waals surface area contributed by atoms with E-state index in [0.717, 1.165) is 10.0 Å². The van der Waals surface area contributed by atoms with Crippen LogP contribution in [0.2, 0.25) is 0 Å². The fourth-order valence-electron chi connectivity index (χ4n) is 3.36. The lowest BCUT2D eigenvalue weighted by molar-refractivity contribution is -0.126. The Balaban J connectivity index is 1.52. The molecule has 1 saturated heterocycles. The number of hydrogen-bond donors (Lipinski definition) is 2. The summed E-state index contributed by atoms with van der Waals surface area (Å²) in [6.45, 7) is 6.85. The van der Waals surface area contributed by atoms with Crippen LogP contribution < -0.4 is 20.3 Å². The summed E-state index contributed by atoms with van der Waals surface area (Å²) < 4.78 is 6.37. The Hall–Kier alpha value is -2.87. The fraction of sp³-hybridized carbons (Fsp3) is 0.375. The third kappa shape index (κ3) is 6.32. The number of nitrogens with one attached hydrogen (secondary N) is 2. The van der Waals surface area contributed by atoms with Crippen molar-refractivity contribution in [1.82, 2.24) is 5.32 Å². The highest BCUT2D eigenvalue weighted by molar-refractivity contribution is 9.10. The highest BCUT2D eigenvalue weighted by Gasteiger charge is 2.35. The van der Waals surface area contributed by atoms with Crippen molar-refractivity contribution in [3.05, 3.63) is 52.5 Å². The molecule has 2 aromatic carbocycles. The van der Waals surface area contributed by atoms with Gasteiger partial charge in [-0.25, -0.2) is 0 Å². The molecule has 2 aromatic rings. The van der Waals surface area contributed by atoms with Crippen LogP contribution in [0, 0.1) is 18.8 Å². The van der Waals surface area contributed by atoms with E-state index in [1.165, 1.54) is 0 Å². The first kappa shape index (κ1) is 23.8. The molecule has 32 heavy (non-hydrogen) atoms. The number of carbonyl (C=O) groups is 3. The molecule has 8 heteroatoms. The SMILES string of the molecule is Cc1ccc(NC(=O)COc2ccc(N3C[C@H](C(=O)NCC(C)C)CC3=O)cc2)c(Br)c1. The van der Waals surface area contributed by atoms with Gasteiger partial charge >= 0.3 is 0 Å². The average molecular weight is 502 g/mol. The molecule has 0 aromatic heterocycles. The first-order valence-corrected chi connectivity index (χ1v) is 11.4. The summed E-state index contributed by atoms with van der Waals surface area (Å²) in [6, 6.07) is 12.6. The minimum atomic E-state index is -0.345. The second-order valence-electron chi connectivity index (χ2n) is 8.36. The number of anilines is 2. The Labute approximate surface area is 196 Å². The Morgan fingerprint density at radius 1 is 1.19 bits per heavy atom. The van der Waals surface area contributed by atoms with E-state index in [4.69, 9.17) is 4.74 Å². The van der Waals surface area contributed by atoms with Crippen molar-refractivity contribution in [3.8, 4) is 5.75 Å². The number of halogens is 1. The minimum Gasteiger partial charge on any atom is -0.484 e. The van der Waals surface area contributed by atoms with E-state index >= 15 is 0 Å². The number of aryl methyl sites for hydroxylation is 1. The van der Waals surface area contributed by atoms with E-state index in [1.54, 1.807) is 29.2 Å². The number of rotatable bonds is 8. The minimum absolute atomic E-state index is 0.0774. The van der Waals surface area contributed by atoms with Crippen LogP contribution in [0.15, 0.2) is 46.9 Å². The molecule has 1 aliphatic heterocycles. The fourth-order valence-corrected chi connectivity index (χ4v) is 3.95. The molecule has 0 spiro atoms. The van der Waals surface area contributed by atoms with Crippen molar-refractivity contribution in [3.63, 3.8) is 0 Å². The second-order valence-corrected chi connectivity index (χ2v) is 9.21. The van der Waals surface area contributed by atoms with Gasteiger partial charge in [0.05, 0.1) is 11.6 Å². The van der Waals surface area contributed by atoms with Gasteiger partial charge in [-0.3, -0.25) is 14.4 Å². The standard InChI is InChI=1S/C24H28BrN3O4/c1-15(2)12-26-24(31)17-11-23(30)28(13-17)18-5-7-19(8-6-18)32-14-22(29)27-21-9-4-16(3)10-20(21)25/h4-10,15,17H,11-14H2,1-3H3,(H,26,31)(H,27,29)/t17-/m1/s1. The summed E-state index contributed by atoms with van der Waals surface area (Å²) in [7, 11) is 0. The van der Waals surface area contributed by atoms with E-state index in [-0.39, 0.29) is 36.7 Å². The highest BCUT2D eigenvalue weighted by Crippen LogP contribution is 2.27. The molecule has 3 amide bonds. The van der Waals surface area contributed by atoms with Gasteiger partial charge in [-0.05, 0) is 70.7 Å². The lowest BCUT2D eigenvalue weighted by Crippen LogP contribution is -2.35. The predicted octanol–water partition coefficient (Wildman–Crippen LogP) is 3.90. The van der Waals surface area contributed by atoms with Gasteiger partial charge in [-0.1, -0.05) is 19.9 Å². The molecule has 1 atom stereocenters. The maximum Gasteiger partial charge on any atom is 0.262 e. The Kier molecular flexibility index (Phi) is 7.90. The molecule has 0 unspecified atom stereocenters. The molecule has 0 radical (unpaired) electrons. The molecule has 7 nitrogen and oxygen atoms in total. The van der Waals surface area contributed by atoms with E-state index in [1.807, 2.05) is 39.0 Å². The van der Waals surface area contributed by atoms with Crippen molar-refractivity contribution in [2.24, 2.45) is 11.8 Å². The number of amides is 3. The maximum atomic E-state index is 12.4. The zero-order valence-electron chi connectivity index (χ0n) is 18.5. The molecule has 2 N–H and O–H groups in total. The van der Waals surface area contributed by atoms with Crippen molar-refractivity contribution in [2.45, 2.75) is 27.2 Å². The number of carbonyl (C=O) groups excluding carboxylic acids is 3. The van der Waals surface area contributed by atoms with Crippen molar-refractivity contribution >= 4 is 45.0 Å². The highest BCUT2D eigenvalue weighted by atomic mass is 79.9. The molecule has 1 aliphatic rings. The summed E-state index contributed by atoms with van der Waals surface area (Å²) in [6.07, 6.45) is 0.205. The predicted molar refractivity (Wildman–Crippen MR) is 128 cm³/mol. The summed E-state index contributed by atoms with van der Waals surface area (Å²) in [5, 5.41) is 5.70. The third-order valence-corrected chi connectivity index (χ3v) is 5.75. The number of hydrogen-bond acceptors (Lipinski definition) is 4. The van der Waals surface area contributed by atoms with E-state index < -0.39 is 0 Å². The molecule has 170 valence electrons. The first-order valence-electron chi connectivity index (χ1n) is 10.6. The smallest absolute Gasteiger partial charge is 0.262 e. The monoisotopic (exact) mass is 501 g/mol. The van der Waals surface area contributed by atoms with Crippen LogP contribution in [0.4, 0.5) is 11.4 Å². The molecule has 0 saturated carbocycles. The average Bonchev–Trinajstić information content (AvgIpc) is 3.14. The number of ether oxygens (including phenoxy) is 1. The summed E-state index contributed by atoms with van der Waals surface area (Å²) >= 11 is 3.43. The van der Waals surface area contributed by atoms with Crippen molar-refractivity contribution in [2.75, 3.05) is 29.9 Å². The van der Waals surface area contributed by atoms with Gasteiger partial charge in [0, 0.05) is 29.7 Å². The molecule has 1 fully saturated rings. The number of nitrogens with zero attached hydrogens (tertiary/aromatic N) is 1. The zero-order valence-corrected chi connectivity index (χ0v) is 20.1. The van der Waals surface area contributed by atoms with Gasteiger partial charge in [0.25, 0.3) is 5.91 Å². The van der Waals surface area contributed by atoms with Crippen LogP contribution in [0.5, 0.6) is 5.75 Å². The second kappa shape index (κ2) is 10.6. The van der Waals surface area contributed by atoms with Crippen molar-refractivity contribution < 1.29 is 19.1 Å². The Morgan fingerprint density at radius 3 is 2.56 bits per heavy atom. The van der Waals surface area contributed by atoms with E-state index in [0.29, 0.717) is 36.1 Å². The van der Waals surface area contributed by atoms with E-state index in [2.05, 4.69) is 26.6 Å². The summed E-state index contributed by atoms with van der Waals surface area (Å²) in [5.74, 6) is 0.0997. The van der Waals surface area contributed by atoms with Gasteiger partial charge < -0.3 is 20.3 Å². The van der Waals surface area contributed by atoms with Crippen LogP contribution >= 0.6 is 15.9 Å². The van der Waals surface area contributed by atoms with Crippen LogP contribution in [-0.2, 0) is 14.4 Å². The van der Waals surface area contributed by atoms with Gasteiger partial charge in [0.15, 0.2) is 6.61 Å². The Bertz CT molecular complexity index is 991. The molecule has 3 rings (SSSR count). The molecule has 1 heterocycles. The van der Waals surface area contributed by atoms with Gasteiger partial charge in [0.1, 0.15) is 5.75 Å². The summed E-state index contributed by atoms with van der Waals surface area (Å²) in [4.78, 5) is 38.5. The largest absolute Gasteiger partial charge is 0.484 e. The van der Waals surface area contributed by atoms with E-state index in [9.17, 15) is 14.4 Å². The number of benzene rings is 2. The van der Waals surface area contributed by atoms with Crippen LogP contribution in [-0.4, -0.2) is 37.4 Å². The molecular formula is C24H28BrN3O4. The zero-order chi connectivity index (χ0) is 23.3. The Morgan fingerprint density at radius 2 is 1.91 bits per heavy atom. The normalized spacial score (nSPS) is 15.7. The topological polar surface area (TPSA) is 87.7 Å². The van der Waals surface area contributed by atoms with Gasteiger partial charge in [0.2, 0.25) is 11.8 Å². The third-order valence-electron chi connectivity index (χ3n) is 5.10. The molecule has 0 bridgehead atoms. The van der Waals surface area contributed by atoms with Gasteiger partial charge in [-0.2, -0.15) is 0 Å². The lowest BCUT2D eigenvalue weighted by atomic mass is 10.1. The first-order chi connectivity index (χ1) is 15.2. The van der Waals surface area contributed by atoms with Crippen LogP contribution in [0.1, 0.15) is 25.8 Å².